The Morgan fingerprint density at radius 1 is 1.16 bits per heavy atom. The van der Waals surface area contributed by atoms with E-state index in [0.717, 1.165) is 4.57 Å². The lowest BCUT2D eigenvalue weighted by molar-refractivity contribution is -0.152. The number of aliphatic hydroxyl groups excluding tert-OH is 2. The van der Waals surface area contributed by atoms with Crippen LogP contribution in [0, 0.1) is 6.92 Å². The molecule has 1 fully saturated rings. The molecule has 4 heterocycles. The van der Waals surface area contributed by atoms with E-state index < -0.39 is 41.5 Å². The topological polar surface area (TPSA) is 166 Å². The van der Waals surface area contributed by atoms with Gasteiger partial charge in [0.25, 0.3) is 11.5 Å². The molecule has 0 unspecified atom stereocenters. The SMILES string of the molecule is Cc1cnc(C(=O)N[C@@H]2CO[C@H](Cn3cnc4c(=O)n(C)c(=O)n(C)c43)[C@@H](O)[C@H]2O)cn1. The first-order valence-electron chi connectivity index (χ1n) is 9.87. The molecule has 170 valence electrons. The van der Waals surface area contributed by atoms with E-state index >= 15 is 0 Å². The Hall–Kier alpha value is -3.42. The van der Waals surface area contributed by atoms with Crippen molar-refractivity contribution < 1.29 is 19.7 Å². The summed E-state index contributed by atoms with van der Waals surface area (Å²) in [5, 5.41) is 23.7. The van der Waals surface area contributed by atoms with Gasteiger partial charge in [0.1, 0.15) is 29.7 Å². The van der Waals surface area contributed by atoms with E-state index in [2.05, 4.69) is 20.3 Å². The van der Waals surface area contributed by atoms with E-state index in [-0.39, 0.29) is 30.0 Å². The molecule has 1 saturated heterocycles. The van der Waals surface area contributed by atoms with Crippen molar-refractivity contribution in [3.8, 4) is 0 Å². The highest BCUT2D eigenvalue weighted by atomic mass is 16.5. The summed E-state index contributed by atoms with van der Waals surface area (Å²) in [7, 11) is 2.87. The van der Waals surface area contributed by atoms with Crippen molar-refractivity contribution in [3.63, 3.8) is 0 Å². The molecule has 0 bridgehead atoms. The van der Waals surface area contributed by atoms with E-state index in [1.54, 1.807) is 6.92 Å². The lowest BCUT2D eigenvalue weighted by Gasteiger charge is -2.38. The molecule has 0 saturated carbocycles. The van der Waals surface area contributed by atoms with Crippen LogP contribution in [-0.2, 0) is 25.4 Å². The molecular formula is C19H23N7O6. The van der Waals surface area contributed by atoms with Crippen molar-refractivity contribution in [2.24, 2.45) is 14.1 Å². The van der Waals surface area contributed by atoms with Gasteiger partial charge in [-0.3, -0.25) is 23.7 Å². The molecule has 4 atom stereocenters. The molecule has 1 amide bonds. The van der Waals surface area contributed by atoms with Gasteiger partial charge < -0.3 is 24.8 Å². The van der Waals surface area contributed by atoms with Crippen LogP contribution in [-0.4, -0.2) is 75.7 Å². The summed E-state index contributed by atoms with van der Waals surface area (Å²) in [6.07, 6.45) is 0.607. The molecule has 3 N–H and O–H groups in total. The van der Waals surface area contributed by atoms with Crippen molar-refractivity contribution in [2.45, 2.75) is 37.8 Å². The summed E-state index contributed by atoms with van der Waals surface area (Å²) < 4.78 is 9.45. The Balaban J connectivity index is 1.50. The first-order valence-corrected chi connectivity index (χ1v) is 9.87. The van der Waals surface area contributed by atoms with E-state index in [1.165, 1.54) is 42.0 Å². The van der Waals surface area contributed by atoms with Gasteiger partial charge in [0, 0.05) is 20.3 Å². The number of carbonyl (C=O) groups excluding carboxylic acids is 1. The lowest BCUT2D eigenvalue weighted by Crippen LogP contribution is -2.60. The molecule has 0 aliphatic carbocycles. The van der Waals surface area contributed by atoms with Crippen LogP contribution in [0.3, 0.4) is 0 Å². The van der Waals surface area contributed by atoms with Gasteiger partial charge in [-0.15, -0.1) is 0 Å². The number of hydrogen-bond donors (Lipinski definition) is 3. The van der Waals surface area contributed by atoms with E-state index in [9.17, 15) is 24.6 Å². The molecule has 4 rings (SSSR count). The van der Waals surface area contributed by atoms with Crippen LogP contribution in [0.2, 0.25) is 0 Å². The van der Waals surface area contributed by atoms with Crippen molar-refractivity contribution in [2.75, 3.05) is 6.61 Å². The van der Waals surface area contributed by atoms with Gasteiger partial charge in [0.2, 0.25) is 0 Å². The second-order valence-corrected chi connectivity index (χ2v) is 7.75. The van der Waals surface area contributed by atoms with E-state index in [1.807, 2.05) is 0 Å². The van der Waals surface area contributed by atoms with Crippen LogP contribution >= 0.6 is 0 Å². The fourth-order valence-corrected chi connectivity index (χ4v) is 3.69. The molecule has 0 radical (unpaired) electrons. The molecular weight excluding hydrogens is 422 g/mol. The minimum absolute atomic E-state index is 0.0271. The second kappa shape index (κ2) is 8.26. The van der Waals surface area contributed by atoms with Crippen LogP contribution < -0.4 is 16.6 Å². The number of ether oxygens (including phenoxy) is 1. The maximum absolute atomic E-state index is 12.4. The standard InChI is InChI=1S/C19H23N7O6/c1-9-4-21-10(5-20-9)16(29)23-11-7-32-12(15(28)14(11)27)6-26-8-22-13-17(26)24(2)19(31)25(3)18(13)30/h4-5,8,11-12,14-15,27-28H,6-7H2,1-3H3,(H,23,29)/t11-,12-,14+,15-/m1/s1. The first kappa shape index (κ1) is 21.8. The predicted octanol–water partition coefficient (Wildman–Crippen LogP) is -2.55. The summed E-state index contributed by atoms with van der Waals surface area (Å²) in [6, 6.07) is -0.868. The van der Waals surface area contributed by atoms with Crippen LogP contribution in [0.25, 0.3) is 11.2 Å². The molecule has 13 heteroatoms. The largest absolute Gasteiger partial charge is 0.388 e. The molecule has 1 aliphatic heterocycles. The molecule has 3 aromatic heterocycles. The number of aromatic nitrogens is 6. The highest BCUT2D eigenvalue weighted by Crippen LogP contribution is 2.19. The number of imidazole rings is 1. The number of nitrogens with one attached hydrogen (secondary N) is 1. The first-order chi connectivity index (χ1) is 15.2. The second-order valence-electron chi connectivity index (χ2n) is 7.75. The predicted molar refractivity (Wildman–Crippen MR) is 110 cm³/mol. The molecule has 1 aliphatic rings. The van der Waals surface area contributed by atoms with Gasteiger partial charge >= 0.3 is 5.69 Å². The number of nitrogens with zero attached hydrogens (tertiary/aromatic N) is 6. The highest BCUT2D eigenvalue weighted by molar-refractivity contribution is 5.92. The fraction of sp³-hybridized carbons (Fsp3) is 0.474. The molecule has 0 aromatic carbocycles. The van der Waals surface area contributed by atoms with E-state index in [0.29, 0.717) is 5.69 Å². The van der Waals surface area contributed by atoms with Gasteiger partial charge in [-0.2, -0.15) is 0 Å². The third kappa shape index (κ3) is 3.70. The summed E-state index contributed by atoms with van der Waals surface area (Å²) >= 11 is 0. The zero-order valence-corrected chi connectivity index (χ0v) is 17.7. The van der Waals surface area contributed by atoms with Crippen LogP contribution in [0.1, 0.15) is 16.2 Å². The van der Waals surface area contributed by atoms with Crippen molar-refractivity contribution in [1.29, 1.82) is 0 Å². The van der Waals surface area contributed by atoms with Gasteiger partial charge in [0.05, 0.1) is 37.4 Å². The van der Waals surface area contributed by atoms with E-state index in [4.69, 9.17) is 4.74 Å². The average Bonchev–Trinajstić information content (AvgIpc) is 3.20. The number of amides is 1. The van der Waals surface area contributed by atoms with Gasteiger partial charge in [-0.1, -0.05) is 0 Å². The van der Waals surface area contributed by atoms with Gasteiger partial charge in [-0.25, -0.2) is 14.8 Å². The number of fused-ring (bicyclic) bond motifs is 1. The quantitative estimate of drug-likeness (QED) is 0.392. The smallest absolute Gasteiger partial charge is 0.332 e. The molecule has 32 heavy (non-hydrogen) atoms. The highest BCUT2D eigenvalue weighted by Gasteiger charge is 2.39. The Labute approximate surface area is 180 Å². The molecule has 13 nitrogen and oxygen atoms in total. The summed E-state index contributed by atoms with van der Waals surface area (Å²) in [5.41, 5.74) is 0.0573. The third-order valence-corrected chi connectivity index (χ3v) is 5.55. The monoisotopic (exact) mass is 445 g/mol. The number of rotatable bonds is 4. The molecule has 0 spiro atoms. The summed E-state index contributed by atoms with van der Waals surface area (Å²) in [6.45, 7) is 1.70. The Kier molecular flexibility index (Phi) is 5.62. The van der Waals surface area contributed by atoms with Crippen molar-refractivity contribution in [1.82, 2.24) is 34.0 Å². The average molecular weight is 445 g/mol. The summed E-state index contributed by atoms with van der Waals surface area (Å²) in [5.74, 6) is -0.553. The third-order valence-electron chi connectivity index (χ3n) is 5.55. The zero-order valence-electron chi connectivity index (χ0n) is 17.7. The summed E-state index contributed by atoms with van der Waals surface area (Å²) in [4.78, 5) is 49.0. The maximum Gasteiger partial charge on any atom is 0.332 e. The maximum atomic E-state index is 12.4. The Morgan fingerprint density at radius 3 is 2.59 bits per heavy atom. The fourth-order valence-electron chi connectivity index (χ4n) is 3.69. The zero-order chi connectivity index (χ0) is 23.2. The Morgan fingerprint density at radius 2 is 1.91 bits per heavy atom. The lowest BCUT2D eigenvalue weighted by atomic mass is 9.97. The number of aryl methyl sites for hydroxylation is 2. The minimum atomic E-state index is -1.35. The minimum Gasteiger partial charge on any atom is -0.388 e. The molecule has 3 aromatic rings. The van der Waals surface area contributed by atoms with Crippen molar-refractivity contribution >= 4 is 17.1 Å². The van der Waals surface area contributed by atoms with Gasteiger partial charge in [0.15, 0.2) is 5.52 Å². The van der Waals surface area contributed by atoms with Crippen LogP contribution in [0.15, 0.2) is 28.3 Å². The van der Waals surface area contributed by atoms with Gasteiger partial charge in [-0.05, 0) is 6.92 Å². The normalized spacial score (nSPS) is 23.4. The Bertz CT molecular complexity index is 1280. The van der Waals surface area contributed by atoms with Crippen molar-refractivity contribution in [3.05, 3.63) is 50.9 Å². The van der Waals surface area contributed by atoms with Crippen LogP contribution in [0.5, 0.6) is 0 Å². The number of aliphatic hydroxyl groups is 2. The number of hydrogen-bond acceptors (Lipinski definition) is 9. The number of carbonyl (C=O) groups is 1. The van der Waals surface area contributed by atoms with Crippen LogP contribution in [0.4, 0.5) is 0 Å².